The Hall–Kier alpha value is -2.19. The molecule has 2 fully saturated rings. The molecule has 132 valence electrons. The molecule has 4 rings (SSSR count). The fraction of sp³-hybridized carbons (Fsp3) is 0.500. The van der Waals surface area contributed by atoms with Gasteiger partial charge in [0.15, 0.2) is 5.82 Å². The molecule has 0 radical (unpaired) electrons. The summed E-state index contributed by atoms with van der Waals surface area (Å²) in [7, 11) is 0. The summed E-state index contributed by atoms with van der Waals surface area (Å²) in [5, 5.41) is 20.7. The third kappa shape index (κ3) is 3.07. The van der Waals surface area contributed by atoms with Crippen molar-refractivity contribution in [3.8, 4) is 0 Å². The lowest BCUT2D eigenvalue weighted by molar-refractivity contribution is 0.0906. The first-order valence-electron chi connectivity index (χ1n) is 8.30. The van der Waals surface area contributed by atoms with Crippen molar-refractivity contribution >= 4 is 17.5 Å². The number of pyridine rings is 1. The minimum Gasteiger partial charge on any atom is -0.388 e. The average Bonchev–Trinajstić information content (AvgIpc) is 3.32. The molecular formula is C16H18ClN5O3. The Bertz CT molecular complexity index is 867. The average molecular weight is 364 g/mol. The van der Waals surface area contributed by atoms with Gasteiger partial charge in [-0.25, -0.2) is 0 Å². The Balaban J connectivity index is 1.39. The van der Waals surface area contributed by atoms with Crippen LogP contribution in [-0.2, 0) is 6.61 Å². The number of nitrogens with one attached hydrogen (secondary N) is 2. The highest BCUT2D eigenvalue weighted by molar-refractivity contribution is 6.30. The van der Waals surface area contributed by atoms with Crippen LogP contribution in [-0.4, -0.2) is 36.8 Å². The van der Waals surface area contributed by atoms with Crippen molar-refractivity contribution in [2.24, 2.45) is 0 Å². The monoisotopic (exact) mass is 363 g/mol. The van der Waals surface area contributed by atoms with E-state index < -0.39 is 5.56 Å². The molecular weight excluding hydrogens is 346 g/mol. The summed E-state index contributed by atoms with van der Waals surface area (Å²) < 4.78 is 2.06. The first kappa shape index (κ1) is 16.3. The predicted molar refractivity (Wildman–Crippen MR) is 89.5 cm³/mol. The molecule has 1 amide bonds. The van der Waals surface area contributed by atoms with Crippen LogP contribution in [0, 0.1) is 0 Å². The second-order valence-electron chi connectivity index (χ2n) is 6.64. The molecule has 0 saturated heterocycles. The number of carbonyl (C=O) groups excluding carboxylic acids is 1. The minimum absolute atomic E-state index is 0.00629. The number of halogens is 1. The number of carbonyl (C=O) groups is 1. The van der Waals surface area contributed by atoms with E-state index in [2.05, 4.69) is 25.1 Å². The number of hydrogen-bond donors (Lipinski definition) is 3. The number of rotatable bonds is 5. The molecule has 2 aromatic rings. The molecule has 25 heavy (non-hydrogen) atoms. The Morgan fingerprint density at radius 1 is 1.40 bits per heavy atom. The van der Waals surface area contributed by atoms with Crippen molar-refractivity contribution in [1.29, 1.82) is 0 Å². The minimum atomic E-state index is -0.416. The van der Waals surface area contributed by atoms with Crippen LogP contribution in [0.5, 0.6) is 0 Å². The molecule has 2 saturated carbocycles. The Kier molecular flexibility index (Phi) is 4.09. The summed E-state index contributed by atoms with van der Waals surface area (Å²) in [4.78, 5) is 25.9. The fourth-order valence-corrected chi connectivity index (χ4v) is 3.43. The number of amides is 1. The highest BCUT2D eigenvalue weighted by Gasteiger charge is 2.38. The third-order valence-corrected chi connectivity index (χ3v) is 5.09. The van der Waals surface area contributed by atoms with E-state index in [9.17, 15) is 14.7 Å². The van der Waals surface area contributed by atoms with Crippen LogP contribution in [0.2, 0.25) is 5.02 Å². The van der Waals surface area contributed by atoms with Gasteiger partial charge in [-0.1, -0.05) is 11.6 Å². The molecule has 2 aromatic heterocycles. The predicted octanol–water partition coefficient (Wildman–Crippen LogP) is 1.12. The van der Waals surface area contributed by atoms with Gasteiger partial charge in [0.1, 0.15) is 17.5 Å². The van der Waals surface area contributed by atoms with Gasteiger partial charge >= 0.3 is 0 Å². The van der Waals surface area contributed by atoms with Gasteiger partial charge < -0.3 is 20.0 Å². The molecule has 2 aliphatic rings. The molecule has 0 unspecified atom stereocenters. The van der Waals surface area contributed by atoms with Crippen LogP contribution in [0.25, 0.3) is 0 Å². The van der Waals surface area contributed by atoms with E-state index in [1.807, 2.05) is 0 Å². The molecule has 0 atom stereocenters. The van der Waals surface area contributed by atoms with Crippen molar-refractivity contribution in [1.82, 2.24) is 25.1 Å². The lowest BCUT2D eigenvalue weighted by Gasteiger charge is -2.35. The van der Waals surface area contributed by atoms with Gasteiger partial charge in [0, 0.05) is 24.2 Å². The number of aromatic nitrogens is 4. The van der Waals surface area contributed by atoms with Crippen molar-refractivity contribution in [2.45, 2.75) is 50.3 Å². The van der Waals surface area contributed by atoms with E-state index in [0.29, 0.717) is 17.4 Å². The van der Waals surface area contributed by atoms with Gasteiger partial charge in [0.2, 0.25) is 0 Å². The summed E-state index contributed by atoms with van der Waals surface area (Å²) in [5.41, 5.74) is -0.0854. The molecule has 8 nitrogen and oxygen atoms in total. The standard InChI is InChI=1S/C16H18ClN5O3/c17-12-5-9(6-18-16(12)25)15(24)19-10-3-8(4-10)14-21-20-13(7-23)22(14)11-1-2-11/h5-6,8,10-11,23H,1-4,7H2,(H,18,25)(H,19,24). The first-order valence-corrected chi connectivity index (χ1v) is 8.68. The molecule has 2 aliphatic carbocycles. The maximum atomic E-state index is 12.2. The number of aliphatic hydroxyl groups is 1. The third-order valence-electron chi connectivity index (χ3n) is 4.80. The SMILES string of the molecule is O=C(NC1CC(c2nnc(CO)n2C2CC2)C1)c1c[nH]c(=O)c(Cl)c1. The van der Waals surface area contributed by atoms with Gasteiger partial charge in [-0.3, -0.25) is 9.59 Å². The summed E-state index contributed by atoms with van der Waals surface area (Å²) in [6.07, 6.45) is 5.10. The lowest BCUT2D eigenvalue weighted by atomic mass is 9.79. The van der Waals surface area contributed by atoms with Crippen LogP contribution >= 0.6 is 11.6 Å². The molecule has 0 aromatic carbocycles. The van der Waals surface area contributed by atoms with Crippen LogP contribution < -0.4 is 10.9 Å². The molecule has 9 heteroatoms. The second-order valence-corrected chi connectivity index (χ2v) is 7.05. The molecule has 0 aliphatic heterocycles. The van der Waals surface area contributed by atoms with E-state index in [1.165, 1.54) is 12.3 Å². The molecule has 0 spiro atoms. The summed E-state index contributed by atoms with van der Waals surface area (Å²) in [5.74, 6) is 1.50. The van der Waals surface area contributed by atoms with Gasteiger partial charge in [-0.15, -0.1) is 10.2 Å². The van der Waals surface area contributed by atoms with E-state index in [1.54, 1.807) is 0 Å². The number of H-pyrrole nitrogens is 1. The van der Waals surface area contributed by atoms with Crippen molar-refractivity contribution in [3.63, 3.8) is 0 Å². The smallest absolute Gasteiger partial charge is 0.266 e. The highest BCUT2D eigenvalue weighted by atomic mass is 35.5. The van der Waals surface area contributed by atoms with Crippen LogP contribution in [0.3, 0.4) is 0 Å². The molecule has 2 heterocycles. The van der Waals surface area contributed by atoms with E-state index in [0.717, 1.165) is 31.5 Å². The fourth-order valence-electron chi connectivity index (χ4n) is 3.26. The zero-order valence-corrected chi connectivity index (χ0v) is 14.2. The van der Waals surface area contributed by atoms with Crippen molar-refractivity contribution in [2.75, 3.05) is 0 Å². The van der Waals surface area contributed by atoms with Crippen LogP contribution in [0.1, 0.15) is 59.6 Å². The lowest BCUT2D eigenvalue weighted by Crippen LogP contribution is -2.44. The van der Waals surface area contributed by atoms with Crippen molar-refractivity contribution < 1.29 is 9.90 Å². The normalized spacial score (nSPS) is 22.5. The Morgan fingerprint density at radius 3 is 2.80 bits per heavy atom. The quantitative estimate of drug-likeness (QED) is 0.736. The first-order chi connectivity index (χ1) is 12.1. The van der Waals surface area contributed by atoms with E-state index >= 15 is 0 Å². The topological polar surface area (TPSA) is 113 Å². The Labute approximate surface area is 148 Å². The van der Waals surface area contributed by atoms with E-state index in [-0.39, 0.29) is 29.5 Å². The van der Waals surface area contributed by atoms with Gasteiger partial charge in [-0.05, 0) is 31.7 Å². The zero-order chi connectivity index (χ0) is 17.6. The van der Waals surface area contributed by atoms with E-state index in [4.69, 9.17) is 11.6 Å². The molecule has 3 N–H and O–H groups in total. The summed E-state index contributed by atoms with van der Waals surface area (Å²) in [6, 6.07) is 1.82. The number of aliphatic hydroxyl groups excluding tert-OH is 1. The van der Waals surface area contributed by atoms with Crippen LogP contribution in [0.4, 0.5) is 0 Å². The number of nitrogens with zero attached hydrogens (tertiary/aromatic N) is 3. The number of aromatic amines is 1. The summed E-state index contributed by atoms with van der Waals surface area (Å²) in [6.45, 7) is -0.108. The second kappa shape index (κ2) is 6.27. The number of hydrogen-bond acceptors (Lipinski definition) is 5. The zero-order valence-electron chi connectivity index (χ0n) is 13.4. The van der Waals surface area contributed by atoms with Gasteiger partial charge in [0.05, 0.1) is 5.56 Å². The maximum absolute atomic E-state index is 12.2. The molecule has 0 bridgehead atoms. The Morgan fingerprint density at radius 2 is 2.16 bits per heavy atom. The highest BCUT2D eigenvalue weighted by Crippen LogP contribution is 2.42. The van der Waals surface area contributed by atoms with Gasteiger partial charge in [-0.2, -0.15) is 0 Å². The van der Waals surface area contributed by atoms with Gasteiger partial charge in [0.25, 0.3) is 11.5 Å². The largest absolute Gasteiger partial charge is 0.388 e. The van der Waals surface area contributed by atoms with Crippen LogP contribution in [0.15, 0.2) is 17.1 Å². The van der Waals surface area contributed by atoms with Crippen molar-refractivity contribution in [3.05, 3.63) is 44.9 Å². The maximum Gasteiger partial charge on any atom is 0.266 e. The summed E-state index contributed by atoms with van der Waals surface area (Å²) >= 11 is 5.75.